The lowest BCUT2D eigenvalue weighted by Crippen LogP contribution is -2.42. The molecule has 6 nitrogen and oxygen atoms in total. The first kappa shape index (κ1) is 23.7. The Bertz CT molecular complexity index is 1230. The van der Waals surface area contributed by atoms with Gasteiger partial charge in [0, 0.05) is 31.0 Å². The summed E-state index contributed by atoms with van der Waals surface area (Å²) in [5, 5.41) is 2.67. The number of pyridine rings is 1. The Morgan fingerprint density at radius 3 is 2.53 bits per heavy atom. The summed E-state index contributed by atoms with van der Waals surface area (Å²) in [7, 11) is 4.14. The Labute approximate surface area is 199 Å². The Balaban J connectivity index is 1.46. The molecule has 3 aromatic rings. The zero-order chi connectivity index (χ0) is 24.2. The predicted octanol–water partition coefficient (Wildman–Crippen LogP) is 4.13. The topological polar surface area (TPSA) is 57.6 Å². The van der Waals surface area contributed by atoms with Gasteiger partial charge < -0.3 is 19.7 Å². The maximum Gasteiger partial charge on any atom is 0.263 e. The van der Waals surface area contributed by atoms with Crippen LogP contribution in [0.3, 0.4) is 0 Å². The number of anilines is 2. The quantitative estimate of drug-likeness (QED) is 0.599. The van der Waals surface area contributed by atoms with Crippen LogP contribution < -0.4 is 15.8 Å². The molecule has 2 aromatic carbocycles. The summed E-state index contributed by atoms with van der Waals surface area (Å²) in [5.74, 6) is -0.937. The van der Waals surface area contributed by atoms with E-state index in [9.17, 15) is 14.0 Å². The van der Waals surface area contributed by atoms with Crippen molar-refractivity contribution in [3.8, 4) is 0 Å². The van der Waals surface area contributed by atoms with E-state index in [1.807, 2.05) is 36.1 Å². The molecule has 1 aromatic heterocycles. The van der Waals surface area contributed by atoms with Crippen LogP contribution in [0.1, 0.15) is 34.3 Å². The number of amides is 1. The van der Waals surface area contributed by atoms with Crippen molar-refractivity contribution in [3.63, 3.8) is 0 Å². The maximum atomic E-state index is 14.9. The highest BCUT2D eigenvalue weighted by atomic mass is 19.1. The Morgan fingerprint density at radius 1 is 1.09 bits per heavy atom. The largest absolute Gasteiger partial charge is 0.369 e. The molecule has 0 aliphatic carbocycles. The van der Waals surface area contributed by atoms with Crippen LogP contribution in [0.2, 0.25) is 0 Å². The molecule has 4 rings (SSSR count). The molecule has 1 aliphatic heterocycles. The summed E-state index contributed by atoms with van der Waals surface area (Å²) in [6.07, 6.45) is 3.62. The summed E-state index contributed by atoms with van der Waals surface area (Å²) in [6, 6.07) is 16.3. The molecule has 0 bridgehead atoms. The molecular formula is C27H31FN4O2. The van der Waals surface area contributed by atoms with E-state index >= 15 is 0 Å². The fraction of sp³-hybridized carbons (Fsp3) is 0.333. The number of rotatable bonds is 6. The number of carbonyl (C=O) groups excluding carboxylic acids is 1. The third kappa shape index (κ3) is 5.37. The van der Waals surface area contributed by atoms with Crippen LogP contribution in [-0.2, 0) is 6.54 Å². The molecule has 1 N–H and O–H groups in total. The zero-order valence-corrected chi connectivity index (χ0v) is 19.9. The molecule has 0 atom stereocenters. The summed E-state index contributed by atoms with van der Waals surface area (Å²) in [6.45, 7) is 3.94. The van der Waals surface area contributed by atoms with Gasteiger partial charge in [-0.1, -0.05) is 29.8 Å². The number of carbonyl (C=O) groups is 1. The monoisotopic (exact) mass is 462 g/mol. The third-order valence-electron chi connectivity index (χ3n) is 6.44. The van der Waals surface area contributed by atoms with E-state index in [0.717, 1.165) is 37.1 Å². The van der Waals surface area contributed by atoms with E-state index in [2.05, 4.69) is 24.3 Å². The van der Waals surface area contributed by atoms with Gasteiger partial charge in [-0.2, -0.15) is 0 Å². The van der Waals surface area contributed by atoms with E-state index < -0.39 is 5.91 Å². The van der Waals surface area contributed by atoms with Crippen molar-refractivity contribution in [3.05, 3.63) is 93.7 Å². The number of nitrogens with zero attached hydrogens (tertiary/aromatic N) is 3. The van der Waals surface area contributed by atoms with E-state index in [4.69, 9.17) is 0 Å². The first-order chi connectivity index (χ1) is 16.3. The number of nitrogens with one attached hydrogen (secondary N) is 1. The van der Waals surface area contributed by atoms with Gasteiger partial charge in [0.15, 0.2) is 0 Å². The van der Waals surface area contributed by atoms with Crippen LogP contribution >= 0.6 is 0 Å². The van der Waals surface area contributed by atoms with E-state index in [-0.39, 0.29) is 16.9 Å². The maximum absolute atomic E-state index is 14.9. The van der Waals surface area contributed by atoms with Gasteiger partial charge in [0.1, 0.15) is 11.4 Å². The van der Waals surface area contributed by atoms with Gasteiger partial charge in [0.25, 0.3) is 11.5 Å². The van der Waals surface area contributed by atoms with Gasteiger partial charge in [0.05, 0.1) is 12.2 Å². The molecule has 1 fully saturated rings. The van der Waals surface area contributed by atoms with Crippen molar-refractivity contribution in [2.24, 2.45) is 0 Å². The first-order valence-electron chi connectivity index (χ1n) is 11.6. The average Bonchev–Trinajstić information content (AvgIpc) is 2.80. The van der Waals surface area contributed by atoms with Gasteiger partial charge >= 0.3 is 0 Å². The Kier molecular flexibility index (Phi) is 7.12. The highest BCUT2D eigenvalue weighted by Gasteiger charge is 2.23. The fourth-order valence-electron chi connectivity index (χ4n) is 4.50. The van der Waals surface area contributed by atoms with Crippen LogP contribution in [0.5, 0.6) is 0 Å². The lowest BCUT2D eigenvalue weighted by atomic mass is 10.0. The summed E-state index contributed by atoms with van der Waals surface area (Å²) < 4.78 is 16.4. The second-order valence-electron chi connectivity index (χ2n) is 9.15. The van der Waals surface area contributed by atoms with Crippen LogP contribution in [0, 0.1) is 12.7 Å². The van der Waals surface area contributed by atoms with Crippen molar-refractivity contribution >= 4 is 17.3 Å². The lowest BCUT2D eigenvalue weighted by Gasteiger charge is -2.36. The molecule has 178 valence electrons. The molecule has 2 heterocycles. The van der Waals surface area contributed by atoms with Gasteiger partial charge in [0.2, 0.25) is 0 Å². The van der Waals surface area contributed by atoms with Crippen molar-refractivity contribution in [1.29, 1.82) is 0 Å². The highest BCUT2D eigenvalue weighted by molar-refractivity contribution is 6.04. The minimum atomic E-state index is -0.553. The van der Waals surface area contributed by atoms with E-state index in [1.165, 1.54) is 16.7 Å². The Morgan fingerprint density at radius 2 is 1.85 bits per heavy atom. The molecule has 0 radical (unpaired) electrons. The number of aromatic nitrogens is 1. The second-order valence-corrected chi connectivity index (χ2v) is 9.15. The molecule has 34 heavy (non-hydrogen) atoms. The van der Waals surface area contributed by atoms with Crippen molar-refractivity contribution < 1.29 is 9.18 Å². The second kappa shape index (κ2) is 10.2. The normalized spacial score (nSPS) is 14.4. The SMILES string of the molecule is Cc1cccc(Cn2cccc(C(=O)Nc3ccc(N4CCC(N(C)C)CC4)c(F)c3)c2=O)c1. The van der Waals surface area contributed by atoms with Crippen molar-refractivity contribution in [2.45, 2.75) is 32.4 Å². The zero-order valence-electron chi connectivity index (χ0n) is 19.9. The summed E-state index contributed by atoms with van der Waals surface area (Å²) in [5.41, 5.74) is 2.57. The van der Waals surface area contributed by atoms with Crippen molar-refractivity contribution in [1.82, 2.24) is 9.47 Å². The minimum Gasteiger partial charge on any atom is -0.369 e. The van der Waals surface area contributed by atoms with E-state index in [0.29, 0.717) is 24.0 Å². The first-order valence-corrected chi connectivity index (χ1v) is 11.6. The molecule has 7 heteroatoms. The summed E-state index contributed by atoms with van der Waals surface area (Å²) in [4.78, 5) is 30.0. The Hall–Kier alpha value is -3.45. The van der Waals surface area contributed by atoms with Gasteiger partial charge in [-0.05, 0) is 69.8 Å². The standard InChI is InChI=1S/C27H31FN4O2/c1-19-6-4-7-20(16-19)18-32-13-5-8-23(27(32)34)26(33)29-21-9-10-25(24(28)17-21)31-14-11-22(12-15-31)30(2)3/h4-10,13,16-17,22H,11-12,14-15,18H2,1-3H3,(H,29,33). The molecule has 0 unspecified atom stereocenters. The summed E-state index contributed by atoms with van der Waals surface area (Å²) >= 11 is 0. The van der Waals surface area contributed by atoms with Crippen LogP contribution in [0.4, 0.5) is 15.8 Å². The van der Waals surface area contributed by atoms with Crippen LogP contribution in [0.25, 0.3) is 0 Å². The lowest BCUT2D eigenvalue weighted by molar-refractivity contribution is 0.102. The number of piperidine rings is 1. The highest BCUT2D eigenvalue weighted by Crippen LogP contribution is 2.27. The van der Waals surface area contributed by atoms with Crippen LogP contribution in [0.15, 0.2) is 65.6 Å². The molecular weight excluding hydrogens is 431 g/mol. The van der Waals surface area contributed by atoms with E-state index in [1.54, 1.807) is 24.4 Å². The molecule has 1 saturated heterocycles. The molecule has 0 saturated carbocycles. The van der Waals surface area contributed by atoms with Crippen LogP contribution in [-0.4, -0.2) is 48.6 Å². The van der Waals surface area contributed by atoms with Crippen molar-refractivity contribution in [2.75, 3.05) is 37.4 Å². The number of benzene rings is 2. The number of hydrogen-bond acceptors (Lipinski definition) is 4. The van der Waals surface area contributed by atoms with Gasteiger partial charge in [-0.15, -0.1) is 0 Å². The molecule has 0 spiro atoms. The predicted molar refractivity (Wildman–Crippen MR) is 134 cm³/mol. The fourth-order valence-corrected chi connectivity index (χ4v) is 4.50. The van der Waals surface area contributed by atoms with Gasteiger partial charge in [-0.25, -0.2) is 4.39 Å². The molecule has 1 amide bonds. The smallest absolute Gasteiger partial charge is 0.263 e. The third-order valence-corrected chi connectivity index (χ3v) is 6.44. The average molecular weight is 463 g/mol. The number of hydrogen-bond donors (Lipinski definition) is 1. The molecule has 1 aliphatic rings. The number of aryl methyl sites for hydroxylation is 1. The number of halogens is 1. The van der Waals surface area contributed by atoms with Gasteiger partial charge in [-0.3, -0.25) is 9.59 Å². The minimum absolute atomic E-state index is 0.0189.